The number of H-pyrrole nitrogens is 1. The minimum Gasteiger partial charge on any atom is -0.381 e. The van der Waals surface area contributed by atoms with Crippen LogP contribution >= 0.6 is 0 Å². The first kappa shape index (κ1) is 10.8. The molecule has 0 aliphatic heterocycles. The summed E-state index contributed by atoms with van der Waals surface area (Å²) in [6.07, 6.45) is 2.84. The van der Waals surface area contributed by atoms with Gasteiger partial charge in [-0.25, -0.2) is 4.39 Å². The predicted molar refractivity (Wildman–Crippen MR) is 57.5 cm³/mol. The molecule has 2 rings (SSSR count). The van der Waals surface area contributed by atoms with Crippen molar-refractivity contribution in [1.82, 2.24) is 4.98 Å². The Kier molecular flexibility index (Phi) is 4.16. The molecule has 0 unspecified atom stereocenters. The molecule has 0 saturated heterocycles. The van der Waals surface area contributed by atoms with E-state index < -0.39 is 6.17 Å². The molecule has 80 valence electrons. The number of hydrogen-bond donors (Lipinski definition) is 2. The number of halogens is 1. The Morgan fingerprint density at radius 3 is 2.79 bits per heavy atom. The van der Waals surface area contributed by atoms with Crippen LogP contribution in [0.1, 0.15) is 21.2 Å². The van der Waals surface area contributed by atoms with Crippen molar-refractivity contribution in [2.24, 2.45) is 0 Å². The maximum absolute atomic E-state index is 11.1. The van der Waals surface area contributed by atoms with Gasteiger partial charge in [-0.15, -0.1) is 0 Å². The molecule has 0 amide bonds. The Balaban J connectivity index is 0.000000331. The summed E-state index contributed by atoms with van der Waals surface area (Å²) in [5.41, 5.74) is 0.564. The fraction of sp³-hybridized carbons (Fsp3) is 0.500. The molecular formula is C10H17FN2O. The number of alkyl halides is 1. The maximum Gasteiger partial charge on any atom is 0.271 e. The minimum atomic E-state index is -0.417. The minimum absolute atomic E-state index is 0. The van der Waals surface area contributed by atoms with Crippen LogP contribution in [-0.4, -0.2) is 17.7 Å². The largest absolute Gasteiger partial charge is 0.381 e. The van der Waals surface area contributed by atoms with Crippen LogP contribution in [0, 0.1) is 0 Å². The summed E-state index contributed by atoms with van der Waals surface area (Å²) < 4.78 is 11.1. The van der Waals surface area contributed by atoms with Crippen LogP contribution in [-0.2, 0) is 0 Å². The lowest BCUT2D eigenvalue weighted by molar-refractivity contribution is 0.480. The molecule has 0 spiro atoms. The zero-order chi connectivity index (χ0) is 10.4. The molecule has 1 heterocycles. The van der Waals surface area contributed by atoms with E-state index in [1.54, 1.807) is 18.3 Å². The quantitative estimate of drug-likeness (QED) is 0.768. The Morgan fingerprint density at radius 1 is 1.71 bits per heavy atom. The van der Waals surface area contributed by atoms with E-state index in [9.17, 15) is 9.18 Å². The van der Waals surface area contributed by atoms with Crippen LogP contribution in [0.25, 0.3) is 0 Å². The maximum atomic E-state index is 11.1. The van der Waals surface area contributed by atoms with Crippen LogP contribution in [0.3, 0.4) is 0 Å². The number of nitrogens with one attached hydrogen (secondary N) is 2. The average Bonchev–Trinajstić information content (AvgIpc) is 2.94. The summed E-state index contributed by atoms with van der Waals surface area (Å²) in [4.78, 5) is 13.5. The van der Waals surface area contributed by atoms with Crippen LogP contribution < -0.4 is 10.9 Å². The van der Waals surface area contributed by atoms with E-state index in [-0.39, 0.29) is 6.99 Å². The molecule has 0 atom stereocenters. The van der Waals surface area contributed by atoms with Gasteiger partial charge in [0.15, 0.2) is 0 Å². The molecule has 0 aromatic carbocycles. The van der Waals surface area contributed by atoms with Crippen molar-refractivity contribution in [2.45, 2.75) is 25.9 Å². The Labute approximate surface area is 83.8 Å². The molecule has 3 nitrogen and oxygen atoms in total. The standard InChI is InChI=1S/C7H10N2O.C3H5F.H2/c1-2-8-6-4-3-5-9-7(6)10;4-3-1-2-3;/h3-5,8H,2H2,1H3,(H,9,10);3H,1-2H2;1H. The van der Waals surface area contributed by atoms with Crippen molar-refractivity contribution in [3.8, 4) is 0 Å². The fourth-order valence-electron chi connectivity index (χ4n) is 0.814. The van der Waals surface area contributed by atoms with Crippen LogP contribution in [0.5, 0.6) is 0 Å². The third-order valence-electron chi connectivity index (χ3n) is 1.69. The molecule has 1 fully saturated rings. The molecule has 4 heteroatoms. The zero-order valence-electron chi connectivity index (χ0n) is 8.22. The van der Waals surface area contributed by atoms with Crippen molar-refractivity contribution < 1.29 is 5.82 Å². The zero-order valence-corrected chi connectivity index (χ0v) is 8.22. The van der Waals surface area contributed by atoms with Crippen molar-refractivity contribution in [1.29, 1.82) is 0 Å². The summed E-state index contributed by atoms with van der Waals surface area (Å²) in [6.45, 7) is 2.72. The van der Waals surface area contributed by atoms with Gasteiger partial charge >= 0.3 is 0 Å². The highest BCUT2D eigenvalue weighted by Gasteiger charge is 2.18. The first-order valence-corrected chi connectivity index (χ1v) is 4.79. The van der Waals surface area contributed by atoms with Gasteiger partial charge in [0.2, 0.25) is 0 Å². The van der Waals surface area contributed by atoms with E-state index in [2.05, 4.69) is 10.3 Å². The third-order valence-corrected chi connectivity index (χ3v) is 1.69. The number of rotatable bonds is 2. The second-order valence-corrected chi connectivity index (χ2v) is 3.12. The third kappa shape index (κ3) is 4.07. The van der Waals surface area contributed by atoms with Crippen LogP contribution in [0.4, 0.5) is 10.1 Å². The van der Waals surface area contributed by atoms with Crippen LogP contribution in [0.2, 0.25) is 0 Å². The lowest BCUT2D eigenvalue weighted by Gasteiger charge is -1.98. The summed E-state index contributed by atoms with van der Waals surface area (Å²) in [5.74, 6) is 0. The summed E-state index contributed by atoms with van der Waals surface area (Å²) in [7, 11) is 0. The summed E-state index contributed by atoms with van der Waals surface area (Å²) >= 11 is 0. The highest BCUT2D eigenvalue weighted by Crippen LogP contribution is 2.22. The molecule has 14 heavy (non-hydrogen) atoms. The Morgan fingerprint density at radius 2 is 2.36 bits per heavy atom. The van der Waals surface area contributed by atoms with Gasteiger partial charge in [-0.2, -0.15) is 0 Å². The van der Waals surface area contributed by atoms with Gasteiger partial charge in [-0.1, -0.05) is 0 Å². The van der Waals surface area contributed by atoms with Gasteiger partial charge in [-0.05, 0) is 31.9 Å². The van der Waals surface area contributed by atoms with Gasteiger partial charge in [-0.3, -0.25) is 4.79 Å². The molecule has 1 aromatic heterocycles. The molecule has 1 saturated carbocycles. The Hall–Kier alpha value is -1.32. The van der Waals surface area contributed by atoms with Gasteiger partial charge in [0, 0.05) is 14.2 Å². The smallest absolute Gasteiger partial charge is 0.271 e. The number of pyridine rings is 1. The normalized spacial score (nSPS) is 14.1. The summed E-state index contributed by atoms with van der Waals surface area (Å²) in [6, 6.07) is 3.54. The second kappa shape index (κ2) is 5.42. The van der Waals surface area contributed by atoms with Crippen molar-refractivity contribution in [3.63, 3.8) is 0 Å². The molecule has 2 N–H and O–H groups in total. The van der Waals surface area contributed by atoms with E-state index in [0.29, 0.717) is 5.69 Å². The summed E-state index contributed by atoms with van der Waals surface area (Å²) in [5, 5.41) is 2.93. The molecular weight excluding hydrogens is 183 g/mol. The van der Waals surface area contributed by atoms with E-state index in [0.717, 1.165) is 19.4 Å². The number of hydrogen-bond acceptors (Lipinski definition) is 2. The number of aromatic nitrogens is 1. The monoisotopic (exact) mass is 200 g/mol. The first-order valence-electron chi connectivity index (χ1n) is 4.79. The van der Waals surface area contributed by atoms with E-state index >= 15 is 0 Å². The SMILES string of the molecule is CCNc1ccc[nH]c1=O.FC1CC1.[HH]. The van der Waals surface area contributed by atoms with E-state index in [1.165, 1.54) is 0 Å². The highest BCUT2D eigenvalue weighted by atomic mass is 19.1. The van der Waals surface area contributed by atoms with Crippen molar-refractivity contribution in [2.75, 3.05) is 11.9 Å². The molecule has 1 aliphatic rings. The Bertz CT molecular complexity index is 325. The second-order valence-electron chi connectivity index (χ2n) is 3.12. The van der Waals surface area contributed by atoms with Crippen molar-refractivity contribution >= 4 is 5.69 Å². The molecule has 0 bridgehead atoms. The lowest BCUT2D eigenvalue weighted by atomic mass is 10.4. The number of anilines is 1. The van der Waals surface area contributed by atoms with Crippen LogP contribution in [0.15, 0.2) is 23.1 Å². The lowest BCUT2D eigenvalue weighted by Crippen LogP contribution is -2.12. The molecule has 1 aliphatic carbocycles. The van der Waals surface area contributed by atoms with E-state index in [1.807, 2.05) is 6.92 Å². The molecule has 1 aromatic rings. The van der Waals surface area contributed by atoms with Crippen molar-refractivity contribution in [3.05, 3.63) is 28.7 Å². The highest BCUT2D eigenvalue weighted by molar-refractivity contribution is 5.39. The van der Waals surface area contributed by atoms with Gasteiger partial charge in [0.25, 0.3) is 5.56 Å². The number of aromatic amines is 1. The van der Waals surface area contributed by atoms with Gasteiger partial charge in [0.1, 0.15) is 11.9 Å². The van der Waals surface area contributed by atoms with Gasteiger partial charge in [0.05, 0.1) is 0 Å². The molecule has 0 radical (unpaired) electrons. The topological polar surface area (TPSA) is 44.9 Å². The predicted octanol–water partition coefficient (Wildman–Crippen LogP) is 2.17. The first-order chi connectivity index (χ1) is 6.74. The fourth-order valence-corrected chi connectivity index (χ4v) is 0.814. The average molecular weight is 200 g/mol. The van der Waals surface area contributed by atoms with Gasteiger partial charge < -0.3 is 10.3 Å². The van der Waals surface area contributed by atoms with E-state index in [4.69, 9.17) is 0 Å².